The molecule has 1 aromatic carbocycles. The normalized spacial score (nSPS) is 17.1. The Morgan fingerprint density at radius 2 is 1.86 bits per heavy atom. The molecule has 2 heterocycles. The third-order valence-corrected chi connectivity index (χ3v) is 4.36. The number of halogens is 2. The number of anilines is 1. The number of aromatic nitrogens is 1. The number of rotatable bonds is 3. The fourth-order valence-corrected chi connectivity index (χ4v) is 3.02. The summed E-state index contributed by atoms with van der Waals surface area (Å²) in [5, 5.41) is 0.940. The average molecular weight is 293 g/mol. The zero-order valence-electron chi connectivity index (χ0n) is 12.5. The van der Waals surface area contributed by atoms with E-state index >= 15 is 0 Å². The highest BCUT2D eigenvalue weighted by molar-refractivity contribution is 5.87. The zero-order valence-corrected chi connectivity index (χ0v) is 12.5. The number of hydrogen-bond acceptors (Lipinski definition) is 2. The Bertz CT molecular complexity index is 628. The summed E-state index contributed by atoms with van der Waals surface area (Å²) >= 11 is 0. The van der Waals surface area contributed by atoms with Crippen LogP contribution in [-0.4, -0.2) is 42.7 Å². The lowest BCUT2D eigenvalue weighted by Gasteiger charge is -2.34. The van der Waals surface area contributed by atoms with Crippen LogP contribution in [0.1, 0.15) is 19.0 Å². The predicted molar refractivity (Wildman–Crippen MR) is 82.3 cm³/mol. The van der Waals surface area contributed by atoms with Crippen molar-refractivity contribution in [2.45, 2.75) is 19.9 Å². The second kappa shape index (κ2) is 5.64. The van der Waals surface area contributed by atoms with Crippen molar-refractivity contribution in [3.8, 4) is 0 Å². The molecule has 0 N–H and O–H groups in total. The van der Waals surface area contributed by atoms with Gasteiger partial charge in [0.1, 0.15) is 0 Å². The van der Waals surface area contributed by atoms with Crippen molar-refractivity contribution in [3.05, 3.63) is 30.0 Å². The molecule has 0 bridgehead atoms. The van der Waals surface area contributed by atoms with Gasteiger partial charge in [-0.25, -0.2) is 0 Å². The molecule has 0 saturated carbocycles. The minimum Gasteiger partial charge on any atom is -0.369 e. The Kier molecular flexibility index (Phi) is 3.85. The standard InChI is InChI=1S/C16H21F2N3/c1-3-12-11-21(16(17)18)15-10-13(4-5-14(12)15)20-8-6-19(2)7-9-20/h4-5,10-11,16H,3,6-9H2,1-2H3. The van der Waals surface area contributed by atoms with E-state index in [4.69, 9.17) is 0 Å². The summed E-state index contributed by atoms with van der Waals surface area (Å²) in [7, 11) is 2.11. The van der Waals surface area contributed by atoms with Crippen LogP contribution in [0.3, 0.4) is 0 Å². The number of hydrogen-bond donors (Lipinski definition) is 0. The first-order valence-electron chi connectivity index (χ1n) is 7.45. The van der Waals surface area contributed by atoms with E-state index in [0.717, 1.165) is 53.8 Å². The highest BCUT2D eigenvalue weighted by Crippen LogP contribution is 2.30. The molecule has 0 aliphatic carbocycles. The third-order valence-electron chi connectivity index (χ3n) is 4.36. The van der Waals surface area contributed by atoms with E-state index in [2.05, 4.69) is 22.9 Å². The summed E-state index contributed by atoms with van der Waals surface area (Å²) in [6.07, 6.45) is 2.35. The number of nitrogens with zero attached hydrogens (tertiary/aromatic N) is 3. The Hall–Kier alpha value is -1.62. The molecule has 0 amide bonds. The Labute approximate surface area is 123 Å². The monoisotopic (exact) mass is 293 g/mol. The van der Waals surface area contributed by atoms with E-state index in [-0.39, 0.29) is 0 Å². The van der Waals surface area contributed by atoms with Crippen molar-refractivity contribution >= 4 is 16.6 Å². The van der Waals surface area contributed by atoms with Gasteiger partial charge in [-0.05, 0) is 31.2 Å². The third kappa shape index (κ3) is 2.62. The topological polar surface area (TPSA) is 11.4 Å². The van der Waals surface area contributed by atoms with Gasteiger partial charge < -0.3 is 9.80 Å². The maximum atomic E-state index is 13.2. The van der Waals surface area contributed by atoms with Gasteiger partial charge in [-0.3, -0.25) is 4.57 Å². The van der Waals surface area contributed by atoms with Crippen LogP contribution in [0.2, 0.25) is 0 Å². The van der Waals surface area contributed by atoms with Crippen LogP contribution < -0.4 is 4.90 Å². The number of benzene rings is 1. The van der Waals surface area contributed by atoms with Crippen LogP contribution in [0.15, 0.2) is 24.4 Å². The molecule has 0 spiro atoms. The van der Waals surface area contributed by atoms with E-state index in [0.29, 0.717) is 5.52 Å². The molecule has 1 fully saturated rings. The van der Waals surface area contributed by atoms with Gasteiger partial charge in [0.15, 0.2) is 0 Å². The second-order valence-electron chi connectivity index (χ2n) is 5.68. The highest BCUT2D eigenvalue weighted by Gasteiger charge is 2.18. The molecule has 5 heteroatoms. The van der Waals surface area contributed by atoms with Crippen LogP contribution >= 0.6 is 0 Å². The number of alkyl halides is 2. The Balaban J connectivity index is 2.00. The number of piperazine rings is 1. The minimum atomic E-state index is -2.49. The smallest absolute Gasteiger partial charge is 0.319 e. The van der Waals surface area contributed by atoms with Gasteiger partial charge in [0.25, 0.3) is 0 Å². The first-order chi connectivity index (χ1) is 10.1. The molecule has 21 heavy (non-hydrogen) atoms. The summed E-state index contributed by atoms with van der Waals surface area (Å²) in [5.41, 5.74) is 2.66. The predicted octanol–water partition coefficient (Wildman–Crippen LogP) is 3.35. The van der Waals surface area contributed by atoms with Gasteiger partial charge in [0.2, 0.25) is 0 Å². The quantitative estimate of drug-likeness (QED) is 0.860. The van der Waals surface area contributed by atoms with E-state index in [1.165, 1.54) is 0 Å². The lowest BCUT2D eigenvalue weighted by Crippen LogP contribution is -2.44. The SMILES string of the molecule is CCc1cn(C(F)F)c2cc(N3CCN(C)CC3)ccc12. The van der Waals surface area contributed by atoms with Crippen LogP contribution in [0, 0.1) is 0 Å². The maximum absolute atomic E-state index is 13.2. The number of likely N-dealkylation sites (N-methyl/N-ethyl adjacent to an activating group) is 1. The maximum Gasteiger partial charge on any atom is 0.319 e. The highest BCUT2D eigenvalue weighted by atomic mass is 19.3. The van der Waals surface area contributed by atoms with Crippen molar-refractivity contribution < 1.29 is 8.78 Å². The summed E-state index contributed by atoms with van der Waals surface area (Å²) in [6.45, 7) is 3.41. The number of fused-ring (bicyclic) bond motifs is 1. The second-order valence-corrected chi connectivity index (χ2v) is 5.68. The first kappa shape index (κ1) is 14.3. The molecule has 1 aromatic heterocycles. The molecule has 114 valence electrons. The van der Waals surface area contributed by atoms with Crippen molar-refractivity contribution in [1.82, 2.24) is 9.47 Å². The van der Waals surface area contributed by atoms with Crippen LogP contribution in [0.4, 0.5) is 14.5 Å². The van der Waals surface area contributed by atoms with Crippen LogP contribution in [0.5, 0.6) is 0 Å². The first-order valence-corrected chi connectivity index (χ1v) is 7.45. The van der Waals surface area contributed by atoms with E-state index < -0.39 is 6.55 Å². The molecule has 1 aliphatic heterocycles. The molecule has 0 atom stereocenters. The lowest BCUT2D eigenvalue weighted by molar-refractivity contribution is 0.0751. The van der Waals surface area contributed by atoms with Gasteiger partial charge in [-0.2, -0.15) is 8.78 Å². The lowest BCUT2D eigenvalue weighted by atomic mass is 10.1. The largest absolute Gasteiger partial charge is 0.369 e. The minimum absolute atomic E-state index is 0.637. The molecule has 1 saturated heterocycles. The summed E-state index contributed by atoms with van der Waals surface area (Å²) in [5.74, 6) is 0. The van der Waals surface area contributed by atoms with Gasteiger partial charge in [0.05, 0.1) is 5.52 Å². The summed E-state index contributed by atoms with van der Waals surface area (Å²) in [4.78, 5) is 4.56. The molecular formula is C16H21F2N3. The molecule has 1 aliphatic rings. The molecule has 0 radical (unpaired) electrons. The Morgan fingerprint density at radius 1 is 1.14 bits per heavy atom. The number of aryl methyl sites for hydroxylation is 1. The van der Waals surface area contributed by atoms with Crippen molar-refractivity contribution in [2.24, 2.45) is 0 Å². The fourth-order valence-electron chi connectivity index (χ4n) is 3.02. The molecule has 3 nitrogen and oxygen atoms in total. The van der Waals surface area contributed by atoms with Crippen molar-refractivity contribution in [3.63, 3.8) is 0 Å². The summed E-state index contributed by atoms with van der Waals surface area (Å²) in [6, 6.07) is 5.95. The van der Waals surface area contributed by atoms with Crippen molar-refractivity contribution in [1.29, 1.82) is 0 Å². The summed E-state index contributed by atoms with van der Waals surface area (Å²) < 4.78 is 27.5. The van der Waals surface area contributed by atoms with E-state index in [1.807, 2.05) is 19.1 Å². The van der Waals surface area contributed by atoms with E-state index in [9.17, 15) is 8.78 Å². The van der Waals surface area contributed by atoms with Crippen LogP contribution in [-0.2, 0) is 6.42 Å². The molecule has 3 rings (SSSR count). The van der Waals surface area contributed by atoms with Gasteiger partial charge in [-0.1, -0.05) is 13.0 Å². The molecule has 2 aromatic rings. The average Bonchev–Trinajstić information content (AvgIpc) is 2.86. The van der Waals surface area contributed by atoms with Crippen molar-refractivity contribution in [2.75, 3.05) is 38.1 Å². The van der Waals surface area contributed by atoms with Gasteiger partial charge >= 0.3 is 6.55 Å². The van der Waals surface area contributed by atoms with Gasteiger partial charge in [-0.15, -0.1) is 0 Å². The fraction of sp³-hybridized carbons (Fsp3) is 0.500. The molecule has 0 unspecified atom stereocenters. The zero-order chi connectivity index (χ0) is 15.0. The van der Waals surface area contributed by atoms with Crippen LogP contribution in [0.25, 0.3) is 10.9 Å². The van der Waals surface area contributed by atoms with E-state index in [1.54, 1.807) is 6.20 Å². The van der Waals surface area contributed by atoms with Gasteiger partial charge in [0, 0.05) is 43.4 Å². The Morgan fingerprint density at radius 3 is 2.48 bits per heavy atom. The molecular weight excluding hydrogens is 272 g/mol.